The van der Waals surface area contributed by atoms with Crippen LogP contribution >= 0.6 is 27.3 Å². The van der Waals surface area contributed by atoms with Gasteiger partial charge >= 0.3 is 0 Å². The fourth-order valence-corrected chi connectivity index (χ4v) is 2.59. The summed E-state index contributed by atoms with van der Waals surface area (Å²) >= 11 is 4.96. The van der Waals surface area contributed by atoms with Crippen LogP contribution in [-0.2, 0) is 0 Å². The van der Waals surface area contributed by atoms with E-state index in [1.54, 1.807) is 18.4 Å². The summed E-state index contributed by atoms with van der Waals surface area (Å²) in [5.74, 6) is 0.696. The van der Waals surface area contributed by atoms with Crippen LogP contribution in [0.15, 0.2) is 39.5 Å². The first-order chi connectivity index (χ1) is 7.72. The molecule has 1 aromatic carbocycles. The molecule has 16 heavy (non-hydrogen) atoms. The van der Waals surface area contributed by atoms with Crippen LogP contribution in [0, 0.1) is 0 Å². The Hall–Kier alpha value is -0.840. The number of ether oxygens (including phenoxy) is 1. The maximum absolute atomic E-state index is 10.2. The van der Waals surface area contributed by atoms with Crippen molar-refractivity contribution < 1.29 is 9.84 Å². The maximum Gasteiger partial charge on any atom is 0.125 e. The molecule has 0 saturated carbocycles. The molecule has 84 valence electrons. The summed E-state index contributed by atoms with van der Waals surface area (Å²) in [7, 11) is 1.60. The topological polar surface area (TPSA) is 29.5 Å². The van der Waals surface area contributed by atoms with Gasteiger partial charge in [-0.3, -0.25) is 0 Å². The van der Waals surface area contributed by atoms with E-state index in [4.69, 9.17) is 4.74 Å². The Morgan fingerprint density at radius 3 is 2.81 bits per heavy atom. The van der Waals surface area contributed by atoms with Crippen molar-refractivity contribution in [2.24, 2.45) is 0 Å². The summed E-state index contributed by atoms with van der Waals surface area (Å²) in [4.78, 5) is 0. The van der Waals surface area contributed by atoms with E-state index < -0.39 is 6.10 Å². The minimum Gasteiger partial charge on any atom is -0.496 e. The van der Waals surface area contributed by atoms with Gasteiger partial charge in [0.15, 0.2) is 0 Å². The average Bonchev–Trinajstić information content (AvgIpc) is 2.81. The Morgan fingerprint density at radius 1 is 1.38 bits per heavy atom. The molecule has 0 aliphatic carbocycles. The van der Waals surface area contributed by atoms with Crippen LogP contribution in [-0.4, -0.2) is 12.2 Å². The van der Waals surface area contributed by atoms with Gasteiger partial charge in [-0.2, -0.15) is 11.3 Å². The van der Waals surface area contributed by atoms with Crippen LogP contribution < -0.4 is 4.74 Å². The predicted molar refractivity (Wildman–Crippen MR) is 69.1 cm³/mol. The largest absolute Gasteiger partial charge is 0.496 e. The fraction of sp³-hybridized carbons (Fsp3) is 0.167. The molecule has 0 fully saturated rings. The molecule has 2 rings (SSSR count). The summed E-state index contributed by atoms with van der Waals surface area (Å²) in [5.41, 5.74) is 1.66. The van der Waals surface area contributed by atoms with E-state index in [0.717, 1.165) is 15.6 Å². The molecule has 2 aromatic rings. The zero-order valence-corrected chi connectivity index (χ0v) is 11.1. The Balaban J connectivity index is 2.42. The van der Waals surface area contributed by atoms with Crippen molar-refractivity contribution in [3.05, 3.63) is 50.6 Å². The second-order valence-electron chi connectivity index (χ2n) is 3.35. The van der Waals surface area contributed by atoms with Crippen molar-refractivity contribution in [1.29, 1.82) is 0 Å². The highest BCUT2D eigenvalue weighted by Gasteiger charge is 2.15. The summed E-state index contributed by atoms with van der Waals surface area (Å²) in [6, 6.07) is 7.52. The Bertz CT molecular complexity index is 468. The van der Waals surface area contributed by atoms with Gasteiger partial charge in [0, 0.05) is 10.0 Å². The van der Waals surface area contributed by atoms with Crippen molar-refractivity contribution in [3.63, 3.8) is 0 Å². The lowest BCUT2D eigenvalue weighted by Crippen LogP contribution is -2.01. The number of hydrogen-bond acceptors (Lipinski definition) is 3. The monoisotopic (exact) mass is 298 g/mol. The van der Waals surface area contributed by atoms with Crippen LogP contribution in [0.3, 0.4) is 0 Å². The van der Waals surface area contributed by atoms with Gasteiger partial charge in [0.2, 0.25) is 0 Å². The lowest BCUT2D eigenvalue weighted by molar-refractivity contribution is 0.215. The molecule has 0 saturated heterocycles. The van der Waals surface area contributed by atoms with E-state index >= 15 is 0 Å². The highest BCUT2D eigenvalue weighted by molar-refractivity contribution is 9.10. The van der Waals surface area contributed by atoms with E-state index in [9.17, 15) is 5.11 Å². The molecule has 1 unspecified atom stereocenters. The summed E-state index contributed by atoms with van der Waals surface area (Å²) in [6.07, 6.45) is -0.640. The van der Waals surface area contributed by atoms with Gasteiger partial charge < -0.3 is 9.84 Å². The Kier molecular flexibility index (Phi) is 3.63. The molecule has 1 heterocycles. The number of methoxy groups -OCH3 is 1. The second-order valence-corrected chi connectivity index (χ2v) is 5.04. The third kappa shape index (κ3) is 2.29. The summed E-state index contributed by atoms with van der Waals surface area (Å²) in [5, 5.41) is 14.1. The number of halogens is 1. The lowest BCUT2D eigenvalue weighted by Gasteiger charge is -2.14. The summed E-state index contributed by atoms with van der Waals surface area (Å²) < 4.78 is 6.17. The van der Waals surface area contributed by atoms with Gasteiger partial charge in [-0.15, -0.1) is 0 Å². The van der Waals surface area contributed by atoms with Crippen LogP contribution in [0.2, 0.25) is 0 Å². The molecule has 1 aromatic heterocycles. The number of hydrogen-bond donors (Lipinski definition) is 1. The highest BCUT2D eigenvalue weighted by atomic mass is 79.9. The minimum absolute atomic E-state index is 0.640. The first-order valence-electron chi connectivity index (χ1n) is 4.76. The fourth-order valence-electron chi connectivity index (χ4n) is 1.53. The molecular formula is C12H11BrO2S. The molecule has 2 nitrogen and oxygen atoms in total. The molecule has 0 radical (unpaired) electrons. The smallest absolute Gasteiger partial charge is 0.125 e. The number of aliphatic hydroxyl groups is 1. The van der Waals surface area contributed by atoms with Crippen molar-refractivity contribution >= 4 is 27.3 Å². The predicted octanol–water partition coefficient (Wildman–Crippen LogP) is 3.60. The number of aliphatic hydroxyl groups excluding tert-OH is 1. The van der Waals surface area contributed by atoms with Crippen LogP contribution in [0.5, 0.6) is 5.75 Å². The second kappa shape index (κ2) is 4.99. The van der Waals surface area contributed by atoms with E-state index in [0.29, 0.717) is 5.75 Å². The van der Waals surface area contributed by atoms with Crippen molar-refractivity contribution in [2.75, 3.05) is 7.11 Å². The van der Waals surface area contributed by atoms with Crippen LogP contribution in [0.1, 0.15) is 17.2 Å². The van der Waals surface area contributed by atoms with Gasteiger partial charge in [-0.1, -0.05) is 15.9 Å². The molecule has 1 atom stereocenters. The lowest BCUT2D eigenvalue weighted by atomic mass is 10.0. The SMILES string of the molecule is COc1ccc(Br)cc1C(O)c1ccsc1. The maximum atomic E-state index is 10.2. The summed E-state index contributed by atoms with van der Waals surface area (Å²) in [6.45, 7) is 0. The number of rotatable bonds is 3. The van der Waals surface area contributed by atoms with Gasteiger partial charge in [-0.25, -0.2) is 0 Å². The van der Waals surface area contributed by atoms with E-state index in [1.807, 2.05) is 35.0 Å². The third-order valence-electron chi connectivity index (χ3n) is 2.35. The van der Waals surface area contributed by atoms with Gasteiger partial charge in [-0.05, 0) is 40.6 Å². The molecule has 0 bridgehead atoms. The minimum atomic E-state index is -0.640. The molecule has 0 aliphatic rings. The molecular weight excluding hydrogens is 288 g/mol. The normalized spacial score (nSPS) is 12.4. The standard InChI is InChI=1S/C12H11BrO2S/c1-15-11-3-2-9(13)6-10(11)12(14)8-4-5-16-7-8/h2-7,12,14H,1H3. The first kappa shape index (κ1) is 11.6. The molecule has 0 spiro atoms. The van der Waals surface area contributed by atoms with Crippen molar-refractivity contribution in [1.82, 2.24) is 0 Å². The van der Waals surface area contributed by atoms with Crippen LogP contribution in [0.25, 0.3) is 0 Å². The van der Waals surface area contributed by atoms with Gasteiger partial charge in [0.25, 0.3) is 0 Å². The molecule has 0 amide bonds. The molecule has 0 aliphatic heterocycles. The Labute approximate surface area is 107 Å². The zero-order valence-electron chi connectivity index (χ0n) is 8.68. The Morgan fingerprint density at radius 2 is 2.19 bits per heavy atom. The zero-order chi connectivity index (χ0) is 11.5. The van der Waals surface area contributed by atoms with Crippen LogP contribution in [0.4, 0.5) is 0 Å². The molecule has 4 heteroatoms. The first-order valence-corrected chi connectivity index (χ1v) is 6.49. The van der Waals surface area contributed by atoms with Crippen molar-refractivity contribution in [2.45, 2.75) is 6.10 Å². The number of benzene rings is 1. The van der Waals surface area contributed by atoms with Crippen molar-refractivity contribution in [3.8, 4) is 5.75 Å². The quantitative estimate of drug-likeness (QED) is 0.938. The van der Waals surface area contributed by atoms with E-state index in [2.05, 4.69) is 15.9 Å². The highest BCUT2D eigenvalue weighted by Crippen LogP contribution is 2.32. The molecule has 1 N–H and O–H groups in total. The third-order valence-corrected chi connectivity index (χ3v) is 3.54. The van der Waals surface area contributed by atoms with Gasteiger partial charge in [0.1, 0.15) is 11.9 Å². The van der Waals surface area contributed by atoms with E-state index in [1.165, 1.54) is 0 Å². The van der Waals surface area contributed by atoms with Gasteiger partial charge in [0.05, 0.1) is 7.11 Å². The van der Waals surface area contributed by atoms with E-state index in [-0.39, 0.29) is 0 Å². The average molecular weight is 299 g/mol. The number of thiophene rings is 1.